The van der Waals surface area contributed by atoms with E-state index in [-0.39, 0.29) is 9.52 Å². The number of nitro groups is 1. The number of nitrogens with zero attached hydrogens (tertiary/aromatic N) is 1. The molecule has 0 heterocycles. The Balaban J connectivity index is 5.06. The predicted octanol–water partition coefficient (Wildman–Crippen LogP) is 3.80. The van der Waals surface area contributed by atoms with Gasteiger partial charge in [-0.25, -0.2) is 0 Å². The van der Waals surface area contributed by atoms with Crippen molar-refractivity contribution in [3.05, 3.63) is 29.8 Å². The number of halogens is 5. The fourth-order valence-corrected chi connectivity index (χ4v) is 0.935. The van der Waals surface area contributed by atoms with Crippen LogP contribution in [0.25, 0.3) is 0 Å². The summed E-state index contributed by atoms with van der Waals surface area (Å²) >= 11 is 26.1. The third kappa shape index (κ3) is 3.37. The molecule has 0 saturated carbocycles. The van der Waals surface area contributed by atoms with Gasteiger partial charge in [0.15, 0.2) is 5.03 Å². The van der Waals surface area contributed by atoms with Gasteiger partial charge in [-0.1, -0.05) is 46.4 Å². The fraction of sp³-hybridized carbons (Fsp3) is 0. The lowest BCUT2D eigenvalue weighted by Crippen LogP contribution is -1.94. The van der Waals surface area contributed by atoms with Crippen LogP contribution in [0.5, 0.6) is 0 Å². The first-order valence-electron chi connectivity index (χ1n) is 2.28. The van der Waals surface area contributed by atoms with Gasteiger partial charge in [0.05, 0.1) is 9.96 Å². The highest BCUT2D eigenvalue weighted by molar-refractivity contribution is 6.62. The Morgan fingerprint density at radius 2 is 1.42 bits per heavy atom. The highest BCUT2D eigenvalue weighted by Crippen LogP contribution is 2.31. The smallest absolute Gasteiger partial charge is 0.257 e. The molecule has 0 aliphatic heterocycles. The lowest BCUT2D eigenvalue weighted by Gasteiger charge is -1.94. The molecular formula is C4Cl5NO2. The number of hydrogen-bond acceptors (Lipinski definition) is 2. The first-order valence-corrected chi connectivity index (χ1v) is 4.17. The highest BCUT2D eigenvalue weighted by atomic mass is 35.5. The van der Waals surface area contributed by atoms with Crippen LogP contribution in [-0.4, -0.2) is 4.92 Å². The van der Waals surface area contributed by atoms with Crippen molar-refractivity contribution >= 4 is 58.0 Å². The summed E-state index contributed by atoms with van der Waals surface area (Å²) < 4.78 is -0.387. The van der Waals surface area contributed by atoms with Gasteiger partial charge in [0.2, 0.25) is 0 Å². The standard InChI is InChI=1S/C4Cl5NO2/c5-1(3(7)8)2(6)4(9)10(11)12. The normalized spacial score (nSPS) is 12.1. The molecule has 0 aliphatic rings. The summed E-state index contributed by atoms with van der Waals surface area (Å²) in [5, 5.41) is 8.34. The van der Waals surface area contributed by atoms with Gasteiger partial charge in [-0.15, -0.1) is 0 Å². The van der Waals surface area contributed by atoms with E-state index < -0.39 is 15.1 Å². The topological polar surface area (TPSA) is 43.1 Å². The van der Waals surface area contributed by atoms with Crippen LogP contribution in [0.15, 0.2) is 19.7 Å². The van der Waals surface area contributed by atoms with Crippen molar-refractivity contribution < 1.29 is 4.92 Å². The Morgan fingerprint density at radius 1 is 1.00 bits per heavy atom. The van der Waals surface area contributed by atoms with Gasteiger partial charge in [0, 0.05) is 0 Å². The van der Waals surface area contributed by atoms with E-state index in [2.05, 4.69) is 0 Å². The van der Waals surface area contributed by atoms with Crippen molar-refractivity contribution in [2.24, 2.45) is 0 Å². The number of hydrogen-bond donors (Lipinski definition) is 0. The number of rotatable bonds is 2. The number of allylic oxidation sites excluding steroid dienone is 2. The first-order chi connectivity index (χ1) is 5.37. The quantitative estimate of drug-likeness (QED) is 0.332. The molecule has 0 amide bonds. The van der Waals surface area contributed by atoms with Crippen LogP contribution in [-0.2, 0) is 0 Å². The molecule has 0 aliphatic carbocycles. The molecule has 0 N–H and O–H groups in total. The molecule has 0 radical (unpaired) electrons. The Hall–Kier alpha value is 0.330. The van der Waals surface area contributed by atoms with Crippen molar-refractivity contribution in [3.8, 4) is 0 Å². The summed E-state index contributed by atoms with van der Waals surface area (Å²) in [6, 6.07) is 0. The van der Waals surface area contributed by atoms with E-state index in [4.69, 9.17) is 58.0 Å². The second-order valence-electron chi connectivity index (χ2n) is 1.44. The molecule has 12 heavy (non-hydrogen) atoms. The van der Waals surface area contributed by atoms with Gasteiger partial charge in [-0.2, -0.15) is 0 Å². The summed E-state index contributed by atoms with van der Waals surface area (Å²) in [7, 11) is 0. The molecule has 8 heteroatoms. The summed E-state index contributed by atoms with van der Waals surface area (Å²) in [6.45, 7) is 0. The molecule has 0 saturated heterocycles. The maximum absolute atomic E-state index is 10.0. The van der Waals surface area contributed by atoms with Crippen LogP contribution >= 0.6 is 58.0 Å². The first kappa shape index (κ1) is 12.3. The SMILES string of the molecule is O=[N+]([O-])C(Cl)=C(Cl)C(Cl)=C(Cl)Cl. The van der Waals surface area contributed by atoms with Crippen molar-refractivity contribution in [1.29, 1.82) is 0 Å². The third-order valence-electron chi connectivity index (χ3n) is 0.700. The maximum Gasteiger partial charge on any atom is 0.357 e. The second-order valence-corrected chi connectivity index (χ2v) is 3.50. The summed E-state index contributed by atoms with van der Waals surface area (Å²) in [5.74, 6) is 0. The molecule has 68 valence electrons. The van der Waals surface area contributed by atoms with E-state index in [1.807, 2.05) is 0 Å². The van der Waals surface area contributed by atoms with Gasteiger partial charge in [0.1, 0.15) is 4.49 Å². The van der Waals surface area contributed by atoms with Crippen LogP contribution in [0.3, 0.4) is 0 Å². The molecule has 0 atom stereocenters. The zero-order chi connectivity index (χ0) is 9.89. The van der Waals surface area contributed by atoms with Gasteiger partial charge < -0.3 is 0 Å². The lowest BCUT2D eigenvalue weighted by molar-refractivity contribution is -0.412. The lowest BCUT2D eigenvalue weighted by atomic mass is 10.6. The molecular weight excluding hydrogens is 271 g/mol. The molecule has 0 aromatic heterocycles. The monoisotopic (exact) mass is 269 g/mol. The summed E-state index contributed by atoms with van der Waals surface area (Å²) in [4.78, 5) is 9.12. The predicted molar refractivity (Wildman–Crippen MR) is 50.3 cm³/mol. The van der Waals surface area contributed by atoms with Crippen LogP contribution in [0, 0.1) is 10.1 Å². The molecule has 3 nitrogen and oxygen atoms in total. The van der Waals surface area contributed by atoms with Crippen LogP contribution in [0.1, 0.15) is 0 Å². The average Bonchev–Trinajstić information content (AvgIpc) is 2.00. The Bertz CT molecular complexity index is 267. The summed E-state index contributed by atoms with van der Waals surface area (Å²) in [6.07, 6.45) is 0. The fourth-order valence-electron chi connectivity index (χ4n) is 0.254. The van der Waals surface area contributed by atoms with Crippen molar-refractivity contribution in [2.75, 3.05) is 0 Å². The van der Waals surface area contributed by atoms with E-state index in [9.17, 15) is 10.1 Å². The molecule has 0 fully saturated rings. The molecule has 0 rings (SSSR count). The van der Waals surface area contributed by atoms with E-state index in [1.54, 1.807) is 0 Å². The highest BCUT2D eigenvalue weighted by Gasteiger charge is 2.18. The largest absolute Gasteiger partial charge is 0.357 e. The maximum atomic E-state index is 10.0. The molecule has 0 bridgehead atoms. The Labute approximate surface area is 92.6 Å². The molecule has 0 unspecified atom stereocenters. The molecule has 0 spiro atoms. The molecule has 0 aromatic rings. The van der Waals surface area contributed by atoms with Gasteiger partial charge in [-0.3, -0.25) is 10.1 Å². The van der Waals surface area contributed by atoms with Crippen molar-refractivity contribution in [3.63, 3.8) is 0 Å². The van der Waals surface area contributed by atoms with E-state index in [0.29, 0.717) is 0 Å². The van der Waals surface area contributed by atoms with Crippen LogP contribution in [0.2, 0.25) is 0 Å². The van der Waals surface area contributed by atoms with Crippen LogP contribution < -0.4 is 0 Å². The van der Waals surface area contributed by atoms with Crippen molar-refractivity contribution in [1.82, 2.24) is 0 Å². The minimum atomic E-state index is -0.914. The summed E-state index contributed by atoms with van der Waals surface area (Å²) in [5.41, 5.74) is 0. The molecule has 0 aromatic carbocycles. The van der Waals surface area contributed by atoms with E-state index in [1.165, 1.54) is 0 Å². The third-order valence-corrected chi connectivity index (χ3v) is 2.54. The van der Waals surface area contributed by atoms with Gasteiger partial charge >= 0.3 is 5.16 Å². The van der Waals surface area contributed by atoms with Crippen molar-refractivity contribution in [2.45, 2.75) is 0 Å². The minimum Gasteiger partial charge on any atom is -0.257 e. The van der Waals surface area contributed by atoms with E-state index in [0.717, 1.165) is 0 Å². The van der Waals surface area contributed by atoms with Gasteiger partial charge in [0.25, 0.3) is 0 Å². The second kappa shape index (κ2) is 5.14. The Morgan fingerprint density at radius 3 is 1.67 bits per heavy atom. The van der Waals surface area contributed by atoms with Gasteiger partial charge in [-0.05, 0) is 11.6 Å². The van der Waals surface area contributed by atoms with E-state index >= 15 is 0 Å². The zero-order valence-electron chi connectivity index (χ0n) is 5.15. The Kier molecular flexibility index (Phi) is 5.29. The zero-order valence-corrected chi connectivity index (χ0v) is 8.93. The van der Waals surface area contributed by atoms with Crippen LogP contribution in [0.4, 0.5) is 0 Å². The average molecular weight is 271 g/mol. The minimum absolute atomic E-state index is 0.360.